The number of ether oxygens (including phenoxy) is 2. The zero-order valence-electron chi connectivity index (χ0n) is 11.5. The van der Waals surface area contributed by atoms with Crippen LogP contribution in [0.1, 0.15) is 16.7 Å². The molecule has 0 saturated heterocycles. The first-order valence-electron chi connectivity index (χ1n) is 6.86. The molecule has 0 bridgehead atoms. The topological polar surface area (TPSA) is 18.5 Å². The summed E-state index contributed by atoms with van der Waals surface area (Å²) < 4.78 is 24.8. The predicted molar refractivity (Wildman–Crippen MR) is 76.0 cm³/mol. The van der Waals surface area contributed by atoms with Gasteiger partial charge in [0.05, 0.1) is 13.2 Å². The highest BCUT2D eigenvalue weighted by Gasteiger charge is 2.12. The van der Waals surface area contributed by atoms with Crippen LogP contribution in [0.5, 0.6) is 11.5 Å². The fourth-order valence-electron chi connectivity index (χ4n) is 2.41. The number of halogens is 1. The van der Waals surface area contributed by atoms with Crippen LogP contribution in [0.15, 0.2) is 36.4 Å². The summed E-state index contributed by atoms with van der Waals surface area (Å²) in [5, 5.41) is 0. The Morgan fingerprint density at radius 1 is 1.25 bits per heavy atom. The van der Waals surface area contributed by atoms with Gasteiger partial charge in [-0.2, -0.15) is 0 Å². The Morgan fingerprint density at radius 2 is 2.15 bits per heavy atom. The third kappa shape index (κ3) is 2.62. The van der Waals surface area contributed by atoms with E-state index in [0.29, 0.717) is 17.9 Å². The zero-order chi connectivity index (χ0) is 13.9. The second kappa shape index (κ2) is 5.53. The number of benzene rings is 2. The summed E-state index contributed by atoms with van der Waals surface area (Å²) in [6.45, 7) is 2.98. The molecule has 2 aromatic rings. The van der Waals surface area contributed by atoms with Crippen LogP contribution in [-0.2, 0) is 12.8 Å². The number of fused-ring (bicyclic) bond motifs is 1. The van der Waals surface area contributed by atoms with Crippen molar-refractivity contribution in [3.63, 3.8) is 0 Å². The van der Waals surface area contributed by atoms with Crippen molar-refractivity contribution < 1.29 is 13.9 Å². The summed E-state index contributed by atoms with van der Waals surface area (Å²) in [5.74, 6) is 1.05. The maximum Gasteiger partial charge on any atom is 0.167 e. The summed E-state index contributed by atoms with van der Waals surface area (Å²) >= 11 is 0. The van der Waals surface area contributed by atoms with Gasteiger partial charge < -0.3 is 9.47 Å². The van der Waals surface area contributed by atoms with Gasteiger partial charge in [-0.05, 0) is 35.7 Å². The molecule has 20 heavy (non-hydrogen) atoms. The van der Waals surface area contributed by atoms with Crippen LogP contribution in [0.25, 0.3) is 0 Å². The first-order chi connectivity index (χ1) is 9.74. The van der Waals surface area contributed by atoms with Crippen LogP contribution >= 0.6 is 0 Å². The van der Waals surface area contributed by atoms with E-state index in [1.165, 1.54) is 11.1 Å². The van der Waals surface area contributed by atoms with E-state index in [4.69, 9.17) is 9.47 Å². The van der Waals surface area contributed by atoms with Crippen LogP contribution in [-0.4, -0.2) is 13.2 Å². The second-order valence-electron chi connectivity index (χ2n) is 5.03. The van der Waals surface area contributed by atoms with Crippen molar-refractivity contribution >= 4 is 0 Å². The third-order valence-electron chi connectivity index (χ3n) is 3.56. The molecule has 0 spiro atoms. The maximum absolute atomic E-state index is 13.8. The Bertz CT molecular complexity index is 622. The van der Waals surface area contributed by atoms with Crippen molar-refractivity contribution in [1.29, 1.82) is 0 Å². The summed E-state index contributed by atoms with van der Waals surface area (Å²) in [5.41, 5.74) is 3.06. The molecule has 0 saturated carbocycles. The van der Waals surface area contributed by atoms with Crippen LogP contribution in [0.4, 0.5) is 4.39 Å². The van der Waals surface area contributed by atoms with E-state index in [1.54, 1.807) is 25.1 Å². The molecule has 0 amide bonds. The summed E-state index contributed by atoms with van der Waals surface area (Å²) in [6.07, 6.45) is 1.73. The fraction of sp³-hybridized carbons (Fsp3) is 0.294. The number of rotatable bonds is 4. The van der Waals surface area contributed by atoms with E-state index in [1.807, 2.05) is 12.1 Å². The van der Waals surface area contributed by atoms with Crippen LogP contribution < -0.4 is 9.47 Å². The van der Waals surface area contributed by atoms with E-state index >= 15 is 0 Å². The zero-order valence-corrected chi connectivity index (χ0v) is 11.5. The van der Waals surface area contributed by atoms with Gasteiger partial charge in [0, 0.05) is 12.8 Å². The van der Waals surface area contributed by atoms with E-state index in [0.717, 1.165) is 25.2 Å². The van der Waals surface area contributed by atoms with Gasteiger partial charge in [0.2, 0.25) is 0 Å². The molecule has 0 N–H and O–H groups in total. The minimum atomic E-state index is -0.269. The van der Waals surface area contributed by atoms with Crippen molar-refractivity contribution in [3.05, 3.63) is 58.9 Å². The van der Waals surface area contributed by atoms with Gasteiger partial charge in [-0.25, -0.2) is 4.39 Å². The molecule has 3 heteroatoms. The summed E-state index contributed by atoms with van der Waals surface area (Å²) in [6, 6.07) is 11.4. The molecule has 1 aliphatic heterocycles. The Morgan fingerprint density at radius 3 is 3.05 bits per heavy atom. The molecule has 0 fully saturated rings. The van der Waals surface area contributed by atoms with Crippen molar-refractivity contribution in [3.8, 4) is 11.5 Å². The second-order valence-corrected chi connectivity index (χ2v) is 5.03. The molecule has 1 aliphatic rings. The predicted octanol–water partition coefficient (Wildman–Crippen LogP) is 3.69. The van der Waals surface area contributed by atoms with Gasteiger partial charge >= 0.3 is 0 Å². The molecular weight excluding hydrogens is 255 g/mol. The normalized spacial score (nSPS) is 12.9. The van der Waals surface area contributed by atoms with Gasteiger partial charge in [-0.3, -0.25) is 0 Å². The highest BCUT2D eigenvalue weighted by atomic mass is 19.1. The molecule has 1 heterocycles. The number of aryl methyl sites for hydroxylation is 1. The van der Waals surface area contributed by atoms with E-state index in [2.05, 4.69) is 6.07 Å². The van der Waals surface area contributed by atoms with Gasteiger partial charge in [-0.15, -0.1) is 0 Å². The van der Waals surface area contributed by atoms with Crippen LogP contribution in [0, 0.1) is 12.7 Å². The van der Waals surface area contributed by atoms with Gasteiger partial charge in [0.25, 0.3) is 0 Å². The molecule has 2 nitrogen and oxygen atoms in total. The largest absolute Gasteiger partial charge is 0.493 e. The minimum absolute atomic E-state index is 0.269. The first kappa shape index (κ1) is 13.0. The molecule has 0 radical (unpaired) electrons. The third-order valence-corrected chi connectivity index (χ3v) is 3.56. The molecular formula is C17H17FO2. The van der Waals surface area contributed by atoms with E-state index in [9.17, 15) is 4.39 Å². The van der Waals surface area contributed by atoms with Crippen molar-refractivity contribution in [1.82, 2.24) is 0 Å². The molecule has 0 unspecified atom stereocenters. The quantitative estimate of drug-likeness (QED) is 0.845. The molecule has 3 rings (SSSR count). The summed E-state index contributed by atoms with van der Waals surface area (Å²) in [4.78, 5) is 0. The highest BCUT2D eigenvalue weighted by molar-refractivity contribution is 5.40. The lowest BCUT2D eigenvalue weighted by Crippen LogP contribution is -2.03. The smallest absolute Gasteiger partial charge is 0.167 e. The Hall–Kier alpha value is -2.03. The van der Waals surface area contributed by atoms with E-state index in [-0.39, 0.29) is 5.82 Å². The van der Waals surface area contributed by atoms with Gasteiger partial charge in [0.15, 0.2) is 11.6 Å². The monoisotopic (exact) mass is 272 g/mol. The van der Waals surface area contributed by atoms with E-state index < -0.39 is 0 Å². The average Bonchev–Trinajstić information content (AvgIpc) is 2.91. The molecule has 104 valence electrons. The number of hydrogen-bond donors (Lipinski definition) is 0. The highest BCUT2D eigenvalue weighted by Crippen LogP contribution is 2.26. The Balaban J connectivity index is 1.61. The minimum Gasteiger partial charge on any atom is -0.493 e. The lowest BCUT2D eigenvalue weighted by atomic mass is 10.1. The van der Waals surface area contributed by atoms with Gasteiger partial charge in [-0.1, -0.05) is 24.3 Å². The van der Waals surface area contributed by atoms with Crippen LogP contribution in [0.3, 0.4) is 0 Å². The van der Waals surface area contributed by atoms with Crippen molar-refractivity contribution in [2.45, 2.75) is 19.8 Å². The summed E-state index contributed by atoms with van der Waals surface area (Å²) in [7, 11) is 0. The first-order valence-corrected chi connectivity index (χ1v) is 6.86. The molecule has 0 aliphatic carbocycles. The Kier molecular flexibility index (Phi) is 3.59. The fourth-order valence-corrected chi connectivity index (χ4v) is 2.41. The van der Waals surface area contributed by atoms with Crippen molar-refractivity contribution in [2.24, 2.45) is 0 Å². The lowest BCUT2D eigenvalue weighted by Gasteiger charge is -2.09. The van der Waals surface area contributed by atoms with Crippen LogP contribution in [0.2, 0.25) is 0 Å². The molecule has 0 aromatic heterocycles. The lowest BCUT2D eigenvalue weighted by molar-refractivity contribution is 0.304. The molecule has 0 atom stereocenters. The Labute approximate surface area is 118 Å². The average molecular weight is 272 g/mol. The SMILES string of the molecule is Cc1cccc(OCCc2ccc3c(c2)CCO3)c1F. The van der Waals surface area contributed by atoms with Gasteiger partial charge in [0.1, 0.15) is 5.75 Å². The maximum atomic E-state index is 13.8. The van der Waals surface area contributed by atoms with Crippen molar-refractivity contribution in [2.75, 3.05) is 13.2 Å². The standard InChI is InChI=1S/C17H17FO2/c1-12-3-2-4-16(17(12)18)20-9-7-13-5-6-15-14(11-13)8-10-19-15/h2-6,11H,7-10H2,1H3. The molecule has 2 aromatic carbocycles. The number of hydrogen-bond acceptors (Lipinski definition) is 2.